The molecule has 0 aliphatic heterocycles. The minimum atomic E-state index is 1.07. The van der Waals surface area contributed by atoms with Crippen molar-refractivity contribution in [3.05, 3.63) is 50.7 Å². The van der Waals surface area contributed by atoms with Gasteiger partial charge in [0.2, 0.25) is 0 Å². The summed E-state index contributed by atoms with van der Waals surface area (Å²) in [6.45, 7) is 4.28. The average Bonchev–Trinajstić information content (AvgIpc) is 2.96. The predicted octanol–water partition coefficient (Wildman–Crippen LogP) is 5.15. The standard InChI is InChI=1S/C15H13NS2/c1-10-7-13-14(8-11(10)2)18-15(16-13)4-3-12-5-6-17-9-12/h3-9H,1-2H3/b4-3+. The molecule has 0 amide bonds. The first-order chi connectivity index (χ1) is 8.72. The molecule has 0 radical (unpaired) electrons. The van der Waals surface area contributed by atoms with Crippen LogP contribution in [-0.4, -0.2) is 4.98 Å². The van der Waals surface area contributed by atoms with Crippen molar-refractivity contribution in [1.29, 1.82) is 0 Å². The van der Waals surface area contributed by atoms with E-state index in [0.29, 0.717) is 0 Å². The molecule has 0 saturated heterocycles. The SMILES string of the molecule is Cc1cc2nc(/C=C/c3ccsc3)sc2cc1C. The first kappa shape index (κ1) is 11.6. The Labute approximate surface area is 114 Å². The third-order valence-electron chi connectivity index (χ3n) is 2.98. The molecule has 0 fully saturated rings. The van der Waals surface area contributed by atoms with Gasteiger partial charge in [0.1, 0.15) is 5.01 Å². The lowest BCUT2D eigenvalue weighted by atomic mass is 10.1. The van der Waals surface area contributed by atoms with Gasteiger partial charge in [0.05, 0.1) is 10.2 Å². The Morgan fingerprint density at radius 3 is 2.72 bits per heavy atom. The van der Waals surface area contributed by atoms with E-state index in [-0.39, 0.29) is 0 Å². The van der Waals surface area contributed by atoms with Crippen LogP contribution in [0.25, 0.3) is 22.4 Å². The van der Waals surface area contributed by atoms with E-state index in [0.717, 1.165) is 10.5 Å². The van der Waals surface area contributed by atoms with E-state index in [2.05, 4.69) is 59.9 Å². The summed E-state index contributed by atoms with van der Waals surface area (Å²) in [4.78, 5) is 4.65. The highest BCUT2D eigenvalue weighted by Gasteiger charge is 2.03. The quantitative estimate of drug-likeness (QED) is 0.628. The fourth-order valence-corrected chi connectivity index (χ4v) is 3.39. The molecule has 0 unspecified atom stereocenters. The van der Waals surface area contributed by atoms with Crippen LogP contribution in [0, 0.1) is 13.8 Å². The number of aryl methyl sites for hydroxylation is 2. The summed E-state index contributed by atoms with van der Waals surface area (Å²) in [5.74, 6) is 0. The number of hydrogen-bond donors (Lipinski definition) is 0. The summed E-state index contributed by atoms with van der Waals surface area (Å²) in [7, 11) is 0. The molecule has 0 spiro atoms. The van der Waals surface area contributed by atoms with Crippen molar-refractivity contribution in [2.24, 2.45) is 0 Å². The summed E-state index contributed by atoms with van der Waals surface area (Å²) in [5, 5.41) is 5.30. The van der Waals surface area contributed by atoms with Gasteiger partial charge < -0.3 is 0 Å². The summed E-state index contributed by atoms with van der Waals surface area (Å²) >= 11 is 3.46. The normalized spacial score (nSPS) is 11.7. The number of hydrogen-bond acceptors (Lipinski definition) is 3. The van der Waals surface area contributed by atoms with E-state index in [9.17, 15) is 0 Å². The number of benzene rings is 1. The lowest BCUT2D eigenvalue weighted by Gasteiger charge is -1.96. The largest absolute Gasteiger partial charge is 0.237 e. The van der Waals surface area contributed by atoms with Crippen LogP contribution in [0.1, 0.15) is 21.7 Å². The first-order valence-corrected chi connectivity index (χ1v) is 7.56. The summed E-state index contributed by atoms with van der Waals surface area (Å²) in [5.41, 5.74) is 4.99. The van der Waals surface area contributed by atoms with Crippen molar-refractivity contribution in [3.8, 4) is 0 Å². The smallest absolute Gasteiger partial charge is 0.117 e. The Hall–Kier alpha value is -1.45. The molecule has 0 aliphatic rings. The molecular formula is C15H13NS2. The molecule has 90 valence electrons. The van der Waals surface area contributed by atoms with Gasteiger partial charge in [-0.1, -0.05) is 6.08 Å². The van der Waals surface area contributed by atoms with Crippen LogP contribution in [0.4, 0.5) is 0 Å². The van der Waals surface area contributed by atoms with Crippen LogP contribution in [-0.2, 0) is 0 Å². The van der Waals surface area contributed by atoms with Crippen LogP contribution in [0.15, 0.2) is 29.0 Å². The van der Waals surface area contributed by atoms with Gasteiger partial charge in [-0.3, -0.25) is 0 Å². The maximum Gasteiger partial charge on any atom is 0.117 e. The van der Waals surface area contributed by atoms with Gasteiger partial charge >= 0.3 is 0 Å². The minimum absolute atomic E-state index is 1.07. The maximum atomic E-state index is 4.65. The fourth-order valence-electron chi connectivity index (χ4n) is 1.81. The highest BCUT2D eigenvalue weighted by molar-refractivity contribution is 7.19. The van der Waals surface area contributed by atoms with Gasteiger partial charge in [0.15, 0.2) is 0 Å². The summed E-state index contributed by atoms with van der Waals surface area (Å²) in [6, 6.07) is 6.51. The van der Waals surface area contributed by atoms with Gasteiger partial charge in [0.25, 0.3) is 0 Å². The highest BCUT2D eigenvalue weighted by Crippen LogP contribution is 2.26. The van der Waals surface area contributed by atoms with Gasteiger partial charge in [-0.05, 0) is 65.6 Å². The molecule has 1 aromatic carbocycles. The second-order valence-electron chi connectivity index (χ2n) is 4.35. The van der Waals surface area contributed by atoms with E-state index in [1.165, 1.54) is 21.4 Å². The van der Waals surface area contributed by atoms with Crippen LogP contribution < -0.4 is 0 Å². The molecular weight excluding hydrogens is 258 g/mol. The van der Waals surface area contributed by atoms with Crippen molar-refractivity contribution in [1.82, 2.24) is 4.98 Å². The molecule has 0 N–H and O–H groups in total. The predicted molar refractivity (Wildman–Crippen MR) is 82.3 cm³/mol. The van der Waals surface area contributed by atoms with Gasteiger partial charge in [-0.15, -0.1) is 11.3 Å². The maximum absolute atomic E-state index is 4.65. The third-order valence-corrected chi connectivity index (χ3v) is 4.67. The number of thiophene rings is 1. The Morgan fingerprint density at radius 1 is 1.11 bits per heavy atom. The topological polar surface area (TPSA) is 12.9 Å². The van der Waals surface area contributed by atoms with Crippen molar-refractivity contribution in [2.75, 3.05) is 0 Å². The molecule has 3 aromatic rings. The molecule has 0 atom stereocenters. The van der Waals surface area contributed by atoms with E-state index in [1.54, 1.807) is 22.7 Å². The average molecular weight is 271 g/mol. The van der Waals surface area contributed by atoms with E-state index in [1.807, 2.05) is 0 Å². The second kappa shape index (κ2) is 4.67. The molecule has 3 heteroatoms. The molecule has 1 nitrogen and oxygen atoms in total. The van der Waals surface area contributed by atoms with Crippen molar-refractivity contribution in [2.45, 2.75) is 13.8 Å². The molecule has 18 heavy (non-hydrogen) atoms. The zero-order valence-corrected chi connectivity index (χ0v) is 11.9. The van der Waals surface area contributed by atoms with Crippen LogP contribution in [0.3, 0.4) is 0 Å². The Balaban J connectivity index is 1.98. The molecule has 0 bridgehead atoms. The molecule has 2 heterocycles. The molecule has 3 rings (SSSR count). The number of nitrogens with zero attached hydrogens (tertiary/aromatic N) is 1. The summed E-state index contributed by atoms with van der Waals surface area (Å²) in [6.07, 6.45) is 4.21. The van der Waals surface area contributed by atoms with Crippen molar-refractivity contribution >= 4 is 45.0 Å². The van der Waals surface area contributed by atoms with Crippen LogP contribution >= 0.6 is 22.7 Å². The van der Waals surface area contributed by atoms with Gasteiger partial charge in [-0.25, -0.2) is 4.98 Å². The lowest BCUT2D eigenvalue weighted by molar-refractivity contribution is 1.35. The number of rotatable bonds is 2. The zero-order valence-electron chi connectivity index (χ0n) is 10.3. The van der Waals surface area contributed by atoms with Crippen molar-refractivity contribution < 1.29 is 0 Å². The Morgan fingerprint density at radius 2 is 1.94 bits per heavy atom. The van der Waals surface area contributed by atoms with E-state index in [4.69, 9.17) is 0 Å². The van der Waals surface area contributed by atoms with Crippen molar-refractivity contribution in [3.63, 3.8) is 0 Å². The first-order valence-electron chi connectivity index (χ1n) is 5.80. The second-order valence-corrected chi connectivity index (χ2v) is 6.19. The van der Waals surface area contributed by atoms with Crippen LogP contribution in [0.2, 0.25) is 0 Å². The Bertz CT molecular complexity index is 667. The number of thiazole rings is 1. The van der Waals surface area contributed by atoms with Crippen LogP contribution in [0.5, 0.6) is 0 Å². The van der Waals surface area contributed by atoms with Gasteiger partial charge in [0, 0.05) is 0 Å². The van der Waals surface area contributed by atoms with E-state index >= 15 is 0 Å². The molecule has 2 aromatic heterocycles. The van der Waals surface area contributed by atoms with E-state index < -0.39 is 0 Å². The number of fused-ring (bicyclic) bond motifs is 1. The monoisotopic (exact) mass is 271 g/mol. The zero-order chi connectivity index (χ0) is 12.5. The number of aromatic nitrogens is 1. The minimum Gasteiger partial charge on any atom is -0.237 e. The molecule has 0 saturated carbocycles. The third kappa shape index (κ3) is 2.24. The lowest BCUT2D eigenvalue weighted by Crippen LogP contribution is -1.79. The molecule has 0 aliphatic carbocycles. The fraction of sp³-hybridized carbons (Fsp3) is 0.133. The summed E-state index contributed by atoms with van der Waals surface area (Å²) < 4.78 is 1.27. The van der Waals surface area contributed by atoms with Gasteiger partial charge in [-0.2, -0.15) is 11.3 Å². The Kier molecular flexibility index (Phi) is 3.02. The highest BCUT2D eigenvalue weighted by atomic mass is 32.1.